The molecule has 0 bridgehead atoms. The Bertz CT molecular complexity index is 1040. The van der Waals surface area contributed by atoms with Crippen LogP contribution in [0.5, 0.6) is 0 Å². The number of benzene rings is 2. The average Bonchev–Trinajstić information content (AvgIpc) is 3.39. The Labute approximate surface area is 200 Å². The highest BCUT2D eigenvalue weighted by Gasteiger charge is 2.45. The molecule has 1 fully saturated rings. The summed E-state index contributed by atoms with van der Waals surface area (Å²) in [6.45, 7) is 4.59. The van der Waals surface area contributed by atoms with Gasteiger partial charge in [-0.3, -0.25) is 9.59 Å². The fourth-order valence-electron chi connectivity index (χ4n) is 5.33. The third-order valence-corrected chi connectivity index (χ3v) is 7.08. The number of likely N-dealkylation sites (tertiary alicyclic amines) is 1. The van der Waals surface area contributed by atoms with Gasteiger partial charge >= 0.3 is 12.1 Å². The SMILES string of the molecule is CCCC1(C(=O)O)CCN(C(=O)C[C@H](C)NC(=O)OCC2c3ccccc3-c3ccccc32)C1. The summed E-state index contributed by atoms with van der Waals surface area (Å²) in [5, 5.41) is 12.4. The third-order valence-electron chi connectivity index (χ3n) is 7.08. The number of fused-ring (bicyclic) bond motifs is 3. The Morgan fingerprint density at radius 3 is 2.32 bits per heavy atom. The van der Waals surface area contributed by atoms with Crippen molar-refractivity contribution in [3.63, 3.8) is 0 Å². The van der Waals surface area contributed by atoms with E-state index in [1.165, 1.54) is 0 Å². The van der Waals surface area contributed by atoms with E-state index < -0.39 is 23.5 Å². The standard InChI is InChI=1S/C27H32N2O5/c1-3-12-27(25(31)32)13-14-29(17-27)24(30)15-18(2)28-26(33)34-16-23-21-10-6-4-8-19(21)20-9-5-7-11-22(20)23/h4-11,18,23H,3,12-17H2,1-2H3,(H,28,33)(H,31,32)/t18-,27?/m0/s1. The molecule has 34 heavy (non-hydrogen) atoms. The smallest absolute Gasteiger partial charge is 0.407 e. The molecule has 0 radical (unpaired) electrons. The normalized spacial score (nSPS) is 19.9. The van der Waals surface area contributed by atoms with Crippen LogP contribution in [0, 0.1) is 5.41 Å². The van der Waals surface area contributed by atoms with E-state index in [9.17, 15) is 19.5 Å². The van der Waals surface area contributed by atoms with Gasteiger partial charge in [-0.1, -0.05) is 61.9 Å². The summed E-state index contributed by atoms with van der Waals surface area (Å²) in [4.78, 5) is 38.6. The molecule has 1 unspecified atom stereocenters. The first-order valence-corrected chi connectivity index (χ1v) is 12.0. The van der Waals surface area contributed by atoms with Gasteiger partial charge in [-0.2, -0.15) is 0 Å². The number of hydrogen-bond donors (Lipinski definition) is 2. The number of nitrogens with one attached hydrogen (secondary N) is 1. The van der Waals surface area contributed by atoms with Gasteiger partial charge in [-0.05, 0) is 42.0 Å². The Hall–Kier alpha value is -3.35. The highest BCUT2D eigenvalue weighted by Crippen LogP contribution is 2.44. The number of carbonyl (C=O) groups is 3. The molecule has 4 rings (SSSR count). The van der Waals surface area contributed by atoms with Crippen molar-refractivity contribution in [3.8, 4) is 11.1 Å². The van der Waals surface area contributed by atoms with E-state index in [-0.39, 0.29) is 31.4 Å². The van der Waals surface area contributed by atoms with Gasteiger partial charge in [0.25, 0.3) is 0 Å². The van der Waals surface area contributed by atoms with Crippen molar-refractivity contribution in [1.29, 1.82) is 0 Å². The zero-order chi connectivity index (χ0) is 24.3. The highest BCUT2D eigenvalue weighted by atomic mass is 16.5. The zero-order valence-corrected chi connectivity index (χ0v) is 19.8. The minimum atomic E-state index is -0.853. The lowest BCUT2D eigenvalue weighted by Crippen LogP contribution is -2.41. The maximum atomic E-state index is 12.7. The predicted molar refractivity (Wildman–Crippen MR) is 128 cm³/mol. The van der Waals surface area contributed by atoms with Crippen LogP contribution in [0.2, 0.25) is 0 Å². The largest absolute Gasteiger partial charge is 0.481 e. The fourth-order valence-corrected chi connectivity index (χ4v) is 5.33. The van der Waals surface area contributed by atoms with E-state index in [1.54, 1.807) is 11.8 Å². The lowest BCUT2D eigenvalue weighted by atomic mass is 9.83. The summed E-state index contributed by atoms with van der Waals surface area (Å²) in [5.74, 6) is -1.01. The first-order valence-electron chi connectivity index (χ1n) is 12.0. The van der Waals surface area contributed by atoms with E-state index in [1.807, 2.05) is 31.2 Å². The number of rotatable bonds is 8. The maximum absolute atomic E-state index is 12.7. The predicted octanol–water partition coefficient (Wildman–Crippen LogP) is 4.41. The van der Waals surface area contributed by atoms with Crippen molar-refractivity contribution in [2.45, 2.75) is 51.5 Å². The van der Waals surface area contributed by atoms with Crippen molar-refractivity contribution < 1.29 is 24.2 Å². The van der Waals surface area contributed by atoms with Crippen LogP contribution in [0.15, 0.2) is 48.5 Å². The van der Waals surface area contributed by atoms with Gasteiger partial charge in [0.2, 0.25) is 5.91 Å². The van der Waals surface area contributed by atoms with Gasteiger partial charge in [0.1, 0.15) is 6.61 Å². The molecule has 0 saturated carbocycles. The Balaban J connectivity index is 1.30. The molecule has 2 aromatic carbocycles. The van der Waals surface area contributed by atoms with Crippen LogP contribution >= 0.6 is 0 Å². The summed E-state index contributed by atoms with van der Waals surface area (Å²) in [6.07, 6.45) is 1.32. The van der Waals surface area contributed by atoms with E-state index >= 15 is 0 Å². The van der Waals surface area contributed by atoms with E-state index in [0.717, 1.165) is 28.7 Å². The van der Waals surface area contributed by atoms with Gasteiger partial charge in [-0.25, -0.2) is 4.79 Å². The number of aliphatic carboxylic acids is 1. The minimum Gasteiger partial charge on any atom is -0.481 e. The molecule has 1 saturated heterocycles. The Morgan fingerprint density at radius 2 is 1.74 bits per heavy atom. The van der Waals surface area contributed by atoms with Crippen molar-refractivity contribution in [2.24, 2.45) is 5.41 Å². The average molecular weight is 465 g/mol. The van der Waals surface area contributed by atoms with Crippen molar-refractivity contribution in [1.82, 2.24) is 10.2 Å². The number of hydrogen-bond acceptors (Lipinski definition) is 4. The van der Waals surface area contributed by atoms with E-state index in [2.05, 4.69) is 29.6 Å². The van der Waals surface area contributed by atoms with E-state index in [4.69, 9.17) is 4.74 Å². The number of ether oxygens (including phenoxy) is 1. The van der Waals surface area contributed by atoms with Crippen molar-refractivity contribution in [3.05, 3.63) is 59.7 Å². The van der Waals surface area contributed by atoms with Crippen LogP contribution in [-0.4, -0.2) is 53.7 Å². The molecular formula is C27H32N2O5. The second-order valence-electron chi connectivity index (χ2n) is 9.48. The summed E-state index contributed by atoms with van der Waals surface area (Å²) in [5.41, 5.74) is 3.76. The van der Waals surface area contributed by atoms with Crippen LogP contribution < -0.4 is 5.32 Å². The summed E-state index contributed by atoms with van der Waals surface area (Å²) in [7, 11) is 0. The molecule has 7 nitrogen and oxygen atoms in total. The molecule has 2 N–H and O–H groups in total. The third kappa shape index (κ3) is 4.65. The van der Waals surface area contributed by atoms with Crippen LogP contribution in [0.4, 0.5) is 4.79 Å². The molecule has 180 valence electrons. The highest BCUT2D eigenvalue weighted by molar-refractivity contribution is 5.82. The molecule has 0 aromatic heterocycles. The molecule has 2 aromatic rings. The van der Waals surface area contributed by atoms with Crippen molar-refractivity contribution in [2.75, 3.05) is 19.7 Å². The number of nitrogens with zero attached hydrogens (tertiary/aromatic N) is 1. The molecule has 1 aliphatic carbocycles. The molecule has 1 heterocycles. The first kappa shape index (κ1) is 23.8. The second kappa shape index (κ2) is 9.87. The lowest BCUT2D eigenvalue weighted by Gasteiger charge is -2.25. The Morgan fingerprint density at radius 1 is 1.12 bits per heavy atom. The number of carboxylic acid groups (broad SMARTS) is 1. The number of carbonyl (C=O) groups excluding carboxylic acids is 2. The molecule has 0 spiro atoms. The van der Waals surface area contributed by atoms with Gasteiger partial charge in [0, 0.05) is 31.5 Å². The monoisotopic (exact) mass is 464 g/mol. The van der Waals surface area contributed by atoms with Crippen LogP contribution in [0.1, 0.15) is 56.6 Å². The van der Waals surface area contributed by atoms with Crippen LogP contribution in [0.3, 0.4) is 0 Å². The summed E-state index contributed by atoms with van der Waals surface area (Å²) >= 11 is 0. The van der Waals surface area contributed by atoms with Gasteiger partial charge in [-0.15, -0.1) is 0 Å². The molecule has 1 aliphatic heterocycles. The molecule has 7 heteroatoms. The Kier molecular flexibility index (Phi) is 6.91. The quantitative estimate of drug-likeness (QED) is 0.603. The van der Waals surface area contributed by atoms with Gasteiger partial charge in [0.05, 0.1) is 5.41 Å². The molecule has 2 amide bonds. The zero-order valence-electron chi connectivity index (χ0n) is 19.8. The summed E-state index contributed by atoms with van der Waals surface area (Å²) in [6, 6.07) is 15.9. The van der Waals surface area contributed by atoms with E-state index in [0.29, 0.717) is 19.4 Å². The second-order valence-corrected chi connectivity index (χ2v) is 9.48. The number of carboxylic acids is 1. The summed E-state index contributed by atoms with van der Waals surface area (Å²) < 4.78 is 5.56. The van der Waals surface area contributed by atoms with Gasteiger partial charge in [0.15, 0.2) is 0 Å². The molecule has 2 atom stereocenters. The van der Waals surface area contributed by atoms with Gasteiger partial charge < -0.3 is 20.1 Å². The minimum absolute atomic E-state index is 0.0256. The molecule has 2 aliphatic rings. The maximum Gasteiger partial charge on any atom is 0.407 e. The topological polar surface area (TPSA) is 95.9 Å². The fraction of sp³-hybridized carbons (Fsp3) is 0.444. The number of amides is 2. The first-order chi connectivity index (χ1) is 16.3. The van der Waals surface area contributed by atoms with Crippen molar-refractivity contribution >= 4 is 18.0 Å². The van der Waals surface area contributed by atoms with Crippen LogP contribution in [0.25, 0.3) is 11.1 Å². The number of alkyl carbamates (subject to hydrolysis) is 1. The van der Waals surface area contributed by atoms with Crippen LogP contribution in [-0.2, 0) is 14.3 Å². The molecular weight excluding hydrogens is 432 g/mol. The lowest BCUT2D eigenvalue weighted by molar-refractivity contribution is -0.149.